The molecule has 4 nitrogen and oxygen atoms in total. The minimum Gasteiger partial charge on any atom is -0.370 e. The van der Waals surface area contributed by atoms with Gasteiger partial charge in [0.15, 0.2) is 0 Å². The second-order valence-electron chi connectivity index (χ2n) is 8.30. The van der Waals surface area contributed by atoms with Crippen molar-refractivity contribution >= 4 is 17.3 Å². The van der Waals surface area contributed by atoms with Crippen LogP contribution < -0.4 is 5.32 Å². The summed E-state index contributed by atoms with van der Waals surface area (Å²) in [6.45, 7) is 0.974. The lowest BCUT2D eigenvalue weighted by molar-refractivity contribution is -0.137. The molecule has 2 aliphatic rings. The van der Waals surface area contributed by atoms with Crippen LogP contribution in [0, 0.1) is 17.6 Å². The van der Waals surface area contributed by atoms with Crippen LogP contribution in [0.25, 0.3) is 5.57 Å². The van der Waals surface area contributed by atoms with E-state index in [9.17, 15) is 31.5 Å². The topological polar surface area (TPSA) is 49.4 Å². The van der Waals surface area contributed by atoms with Gasteiger partial charge in [0.1, 0.15) is 17.4 Å². The molecule has 0 bridgehead atoms. The van der Waals surface area contributed by atoms with E-state index >= 15 is 0 Å². The Balaban J connectivity index is 1.70. The highest BCUT2D eigenvalue weighted by molar-refractivity contribution is 6.21. The van der Waals surface area contributed by atoms with Crippen molar-refractivity contribution in [2.75, 3.05) is 6.54 Å². The molecule has 4 rings (SSSR count). The quantitative estimate of drug-likeness (QED) is 0.618. The smallest absolute Gasteiger partial charge is 0.370 e. The first-order chi connectivity index (χ1) is 15.5. The van der Waals surface area contributed by atoms with Gasteiger partial charge in [0.2, 0.25) is 0 Å². The number of nitrogens with one attached hydrogen (secondary N) is 1. The Hall–Kier alpha value is -3.23. The van der Waals surface area contributed by atoms with Crippen molar-refractivity contribution in [2.24, 2.45) is 5.92 Å². The van der Waals surface area contributed by atoms with E-state index in [1.165, 1.54) is 48.2 Å². The number of nitrogens with zero attached hydrogens (tertiary/aromatic N) is 1. The molecule has 174 valence electrons. The lowest BCUT2D eigenvalue weighted by Crippen LogP contribution is -2.37. The highest BCUT2D eigenvalue weighted by Crippen LogP contribution is 2.39. The molecule has 1 fully saturated rings. The molecular formula is C24H21F5N2O2. The summed E-state index contributed by atoms with van der Waals surface area (Å²) in [5.74, 6) is -2.42. The molecule has 1 saturated carbocycles. The standard InChI is InChI=1S/C24H21F5N2O2/c1-13-21(16-6-3-7-19(26)18(16)12-31(13)9-8-24(27,28)29)23(33)30-22(17-11-20(17)32)14-4-2-5-15(25)10-14/h2-7,10,17,22H,8-9,11-12H2,1H3,(H,30,33)/t17?,22-/m1/s1. The molecule has 1 aliphatic carbocycles. The van der Waals surface area contributed by atoms with Gasteiger partial charge in [-0.1, -0.05) is 24.3 Å². The van der Waals surface area contributed by atoms with Gasteiger partial charge < -0.3 is 10.2 Å². The van der Waals surface area contributed by atoms with E-state index in [1.54, 1.807) is 6.07 Å². The Morgan fingerprint density at radius 3 is 2.52 bits per heavy atom. The molecule has 0 radical (unpaired) electrons. The van der Waals surface area contributed by atoms with Crippen molar-refractivity contribution in [2.45, 2.75) is 38.5 Å². The lowest BCUT2D eigenvalue weighted by Gasteiger charge is -2.34. The molecule has 33 heavy (non-hydrogen) atoms. The Labute approximate surface area is 187 Å². The monoisotopic (exact) mass is 464 g/mol. The molecule has 2 atom stereocenters. The van der Waals surface area contributed by atoms with Gasteiger partial charge in [-0.25, -0.2) is 8.78 Å². The number of halogens is 5. The summed E-state index contributed by atoms with van der Waals surface area (Å²) in [5, 5.41) is 2.75. The van der Waals surface area contributed by atoms with E-state index in [0.29, 0.717) is 5.56 Å². The predicted octanol–water partition coefficient (Wildman–Crippen LogP) is 4.91. The van der Waals surface area contributed by atoms with Gasteiger partial charge in [0.05, 0.1) is 18.0 Å². The summed E-state index contributed by atoms with van der Waals surface area (Å²) in [5.41, 5.74) is 1.12. The summed E-state index contributed by atoms with van der Waals surface area (Å²) in [6.07, 6.45) is -5.30. The molecule has 0 saturated heterocycles. The minimum absolute atomic E-state index is 0.0347. The number of rotatable bonds is 6. The number of hydrogen-bond acceptors (Lipinski definition) is 3. The number of carbonyl (C=O) groups excluding carboxylic acids is 2. The van der Waals surface area contributed by atoms with E-state index < -0.39 is 48.6 Å². The van der Waals surface area contributed by atoms with Gasteiger partial charge in [-0.05, 0) is 36.2 Å². The predicted molar refractivity (Wildman–Crippen MR) is 110 cm³/mol. The number of allylic oxidation sites excluding steroid dienone is 1. The summed E-state index contributed by atoms with van der Waals surface area (Å²) < 4.78 is 66.8. The number of amides is 1. The van der Waals surface area contributed by atoms with E-state index in [-0.39, 0.29) is 41.1 Å². The molecule has 0 spiro atoms. The fourth-order valence-corrected chi connectivity index (χ4v) is 4.20. The zero-order chi connectivity index (χ0) is 23.9. The largest absolute Gasteiger partial charge is 0.390 e. The molecule has 1 N–H and O–H groups in total. The number of Topliss-reactive ketones (excluding diaryl/α,β-unsaturated/α-hetero) is 1. The molecule has 1 heterocycles. The van der Waals surface area contributed by atoms with Gasteiger partial charge in [0, 0.05) is 36.7 Å². The third kappa shape index (κ3) is 4.91. The molecule has 1 unspecified atom stereocenters. The second kappa shape index (κ2) is 8.61. The van der Waals surface area contributed by atoms with Crippen molar-refractivity contribution in [1.29, 1.82) is 0 Å². The van der Waals surface area contributed by atoms with E-state index in [0.717, 1.165) is 0 Å². The van der Waals surface area contributed by atoms with Gasteiger partial charge in [-0.15, -0.1) is 0 Å². The third-order valence-corrected chi connectivity index (χ3v) is 6.04. The molecule has 2 aromatic carbocycles. The van der Waals surface area contributed by atoms with Crippen molar-refractivity contribution < 1.29 is 31.5 Å². The molecule has 1 amide bonds. The molecule has 9 heteroatoms. The fourth-order valence-electron chi connectivity index (χ4n) is 4.20. The normalized spacial score (nSPS) is 18.8. The molecule has 1 aliphatic heterocycles. The zero-order valence-corrected chi connectivity index (χ0v) is 17.7. The number of ketones is 1. The Bertz CT molecular complexity index is 1140. The van der Waals surface area contributed by atoms with E-state index in [4.69, 9.17) is 0 Å². The maximum Gasteiger partial charge on any atom is 0.390 e. The van der Waals surface area contributed by atoms with Crippen LogP contribution in [0.2, 0.25) is 0 Å². The number of benzene rings is 2. The van der Waals surface area contributed by atoms with Crippen LogP contribution in [-0.4, -0.2) is 29.3 Å². The minimum atomic E-state index is -4.41. The van der Waals surface area contributed by atoms with Crippen LogP contribution in [0.3, 0.4) is 0 Å². The third-order valence-electron chi connectivity index (χ3n) is 6.04. The average molecular weight is 464 g/mol. The van der Waals surface area contributed by atoms with Crippen LogP contribution in [0.5, 0.6) is 0 Å². The first kappa shape index (κ1) is 22.9. The number of carbonyl (C=O) groups is 2. The van der Waals surface area contributed by atoms with Crippen LogP contribution >= 0.6 is 0 Å². The van der Waals surface area contributed by atoms with Crippen LogP contribution in [0.1, 0.15) is 42.5 Å². The zero-order valence-electron chi connectivity index (χ0n) is 17.7. The summed E-state index contributed by atoms with van der Waals surface area (Å²) >= 11 is 0. The van der Waals surface area contributed by atoms with Gasteiger partial charge in [-0.2, -0.15) is 13.2 Å². The Morgan fingerprint density at radius 2 is 1.88 bits per heavy atom. The van der Waals surface area contributed by atoms with Crippen molar-refractivity contribution in [1.82, 2.24) is 10.2 Å². The van der Waals surface area contributed by atoms with Gasteiger partial charge in [-0.3, -0.25) is 9.59 Å². The number of fused-ring (bicyclic) bond motifs is 1. The molecule has 0 aromatic heterocycles. The van der Waals surface area contributed by atoms with Crippen LogP contribution in [-0.2, 0) is 16.1 Å². The number of alkyl halides is 3. The lowest BCUT2D eigenvalue weighted by atomic mass is 9.91. The first-order valence-electron chi connectivity index (χ1n) is 10.4. The second-order valence-corrected chi connectivity index (χ2v) is 8.30. The summed E-state index contributed by atoms with van der Waals surface area (Å²) in [4.78, 5) is 26.6. The van der Waals surface area contributed by atoms with Crippen molar-refractivity contribution in [3.05, 3.63) is 76.5 Å². The SMILES string of the molecule is CC1=C(C(=O)N[C@H](c2cccc(F)c2)C2CC2=O)c2cccc(F)c2CN1CCC(F)(F)F. The maximum atomic E-state index is 14.6. The maximum absolute atomic E-state index is 14.6. The van der Waals surface area contributed by atoms with E-state index in [2.05, 4.69) is 5.32 Å². The summed E-state index contributed by atoms with van der Waals surface area (Å²) in [6, 6.07) is 8.87. The number of hydrogen-bond donors (Lipinski definition) is 1. The molecule has 2 aromatic rings. The Kier molecular flexibility index (Phi) is 5.99. The van der Waals surface area contributed by atoms with E-state index in [1.807, 2.05) is 0 Å². The fraction of sp³-hybridized carbons (Fsp3) is 0.333. The van der Waals surface area contributed by atoms with Crippen LogP contribution in [0.4, 0.5) is 22.0 Å². The average Bonchev–Trinajstić information content (AvgIpc) is 3.46. The molecular weight excluding hydrogens is 443 g/mol. The highest BCUT2D eigenvalue weighted by Gasteiger charge is 2.44. The van der Waals surface area contributed by atoms with Crippen molar-refractivity contribution in [3.63, 3.8) is 0 Å². The Morgan fingerprint density at radius 1 is 1.18 bits per heavy atom. The van der Waals surface area contributed by atoms with Gasteiger partial charge >= 0.3 is 6.18 Å². The summed E-state index contributed by atoms with van der Waals surface area (Å²) in [7, 11) is 0. The van der Waals surface area contributed by atoms with Gasteiger partial charge in [0.25, 0.3) is 5.91 Å². The van der Waals surface area contributed by atoms with Crippen molar-refractivity contribution in [3.8, 4) is 0 Å². The highest BCUT2D eigenvalue weighted by atomic mass is 19.4. The first-order valence-corrected chi connectivity index (χ1v) is 10.4. The van der Waals surface area contributed by atoms with Crippen LogP contribution in [0.15, 0.2) is 48.2 Å².